The Labute approximate surface area is 205 Å². The SMILES string of the molecule is COc1cc(C(=O)SNC(=O)Nc2cc(-c3nc4ccccc4o3)ccc2C)cc(OC)c1OC. The van der Waals surface area contributed by atoms with Crippen LogP contribution in [0.25, 0.3) is 22.6 Å². The van der Waals surface area contributed by atoms with Gasteiger partial charge in [-0.25, -0.2) is 9.78 Å². The fourth-order valence-corrected chi connectivity index (χ4v) is 3.86. The summed E-state index contributed by atoms with van der Waals surface area (Å²) >= 11 is 0.634. The van der Waals surface area contributed by atoms with Gasteiger partial charge in [-0.3, -0.25) is 9.52 Å². The number of nitrogens with zero attached hydrogens (tertiary/aromatic N) is 1. The van der Waals surface area contributed by atoms with Crippen molar-refractivity contribution >= 4 is 39.9 Å². The van der Waals surface area contributed by atoms with Crippen molar-refractivity contribution < 1.29 is 28.2 Å². The minimum Gasteiger partial charge on any atom is -0.493 e. The zero-order valence-corrected chi connectivity index (χ0v) is 20.3. The minimum atomic E-state index is -0.561. The van der Waals surface area contributed by atoms with E-state index in [0.29, 0.717) is 51.9 Å². The summed E-state index contributed by atoms with van der Waals surface area (Å²) in [6.45, 7) is 1.86. The molecule has 0 radical (unpaired) electrons. The van der Waals surface area contributed by atoms with Crippen molar-refractivity contribution in [1.82, 2.24) is 9.71 Å². The number of amides is 2. The summed E-state index contributed by atoms with van der Waals surface area (Å²) in [7, 11) is 4.40. The second-order valence-corrected chi connectivity index (χ2v) is 8.16. The van der Waals surface area contributed by atoms with Gasteiger partial charge in [-0.05, 0) is 48.9 Å². The molecule has 2 amide bonds. The largest absolute Gasteiger partial charge is 0.493 e. The first kappa shape index (κ1) is 24.0. The van der Waals surface area contributed by atoms with Gasteiger partial charge in [0.05, 0.1) is 21.3 Å². The number of carbonyl (C=O) groups excluding carboxylic acids is 2. The molecule has 4 aromatic rings. The molecule has 35 heavy (non-hydrogen) atoms. The number of urea groups is 1. The Bertz CT molecular complexity index is 1340. The van der Waals surface area contributed by atoms with Crippen LogP contribution in [0.2, 0.25) is 0 Å². The number of benzene rings is 3. The summed E-state index contributed by atoms with van der Waals surface area (Å²) in [4.78, 5) is 29.7. The lowest BCUT2D eigenvalue weighted by molar-refractivity contribution is 0.108. The molecule has 10 heteroatoms. The maximum atomic E-state index is 12.7. The molecule has 180 valence electrons. The smallest absolute Gasteiger partial charge is 0.329 e. The highest BCUT2D eigenvalue weighted by Crippen LogP contribution is 2.39. The maximum absolute atomic E-state index is 12.7. The van der Waals surface area contributed by atoms with Crippen LogP contribution in [-0.4, -0.2) is 37.5 Å². The quantitative estimate of drug-likeness (QED) is 0.342. The third-order valence-electron chi connectivity index (χ3n) is 5.16. The van der Waals surface area contributed by atoms with E-state index in [1.807, 2.05) is 43.3 Å². The number of nitrogens with one attached hydrogen (secondary N) is 2. The normalized spacial score (nSPS) is 10.6. The van der Waals surface area contributed by atoms with Gasteiger partial charge in [0.1, 0.15) is 5.52 Å². The lowest BCUT2D eigenvalue weighted by atomic mass is 10.1. The Kier molecular flexibility index (Phi) is 7.11. The maximum Gasteiger partial charge on any atom is 0.329 e. The van der Waals surface area contributed by atoms with Crippen LogP contribution in [-0.2, 0) is 0 Å². The predicted molar refractivity (Wildman–Crippen MR) is 134 cm³/mol. The Morgan fingerprint density at radius 2 is 1.66 bits per heavy atom. The summed E-state index contributed by atoms with van der Waals surface area (Å²) in [6.07, 6.45) is 0. The van der Waals surface area contributed by atoms with E-state index in [-0.39, 0.29) is 5.56 Å². The summed E-state index contributed by atoms with van der Waals surface area (Å²) in [5, 5.41) is 2.36. The molecule has 3 aromatic carbocycles. The van der Waals surface area contributed by atoms with Crippen LogP contribution in [0.3, 0.4) is 0 Å². The van der Waals surface area contributed by atoms with Gasteiger partial charge in [0.15, 0.2) is 17.1 Å². The number of carbonyl (C=O) groups is 2. The summed E-state index contributed by atoms with van der Waals surface area (Å²) in [5.74, 6) is 1.50. The average Bonchev–Trinajstić information content (AvgIpc) is 3.32. The van der Waals surface area contributed by atoms with Crippen LogP contribution in [0.1, 0.15) is 15.9 Å². The molecule has 4 rings (SSSR count). The Hall–Kier alpha value is -4.18. The van der Waals surface area contributed by atoms with Gasteiger partial charge in [-0.2, -0.15) is 0 Å². The molecule has 0 saturated carbocycles. The minimum absolute atomic E-state index is 0.277. The molecule has 0 unspecified atom stereocenters. The summed E-state index contributed by atoms with van der Waals surface area (Å²) in [6, 6.07) is 15.4. The number of methoxy groups -OCH3 is 3. The van der Waals surface area contributed by atoms with Crippen molar-refractivity contribution in [2.75, 3.05) is 26.6 Å². The summed E-state index contributed by atoms with van der Waals surface area (Å²) < 4.78 is 24.1. The number of fused-ring (bicyclic) bond motifs is 1. The van der Waals surface area contributed by atoms with Gasteiger partial charge in [0.2, 0.25) is 16.8 Å². The molecule has 0 aliphatic carbocycles. The highest BCUT2D eigenvalue weighted by Gasteiger charge is 2.18. The molecular formula is C25H23N3O6S. The van der Waals surface area contributed by atoms with E-state index in [1.54, 1.807) is 6.07 Å². The zero-order chi connectivity index (χ0) is 24.9. The predicted octanol–water partition coefficient (Wildman–Crippen LogP) is 5.44. The first-order chi connectivity index (χ1) is 16.9. The van der Waals surface area contributed by atoms with E-state index in [1.165, 1.54) is 33.5 Å². The summed E-state index contributed by atoms with van der Waals surface area (Å²) in [5.41, 5.74) is 3.81. The number of hydrogen-bond acceptors (Lipinski definition) is 8. The van der Waals surface area contributed by atoms with Crippen LogP contribution < -0.4 is 24.2 Å². The van der Waals surface area contributed by atoms with Crippen molar-refractivity contribution in [2.45, 2.75) is 6.92 Å². The molecule has 1 heterocycles. The molecule has 2 N–H and O–H groups in total. The highest BCUT2D eigenvalue weighted by molar-refractivity contribution is 8.12. The van der Waals surface area contributed by atoms with Crippen LogP contribution in [0.5, 0.6) is 17.2 Å². The number of ether oxygens (including phenoxy) is 3. The van der Waals surface area contributed by atoms with E-state index in [0.717, 1.165) is 11.1 Å². The van der Waals surface area contributed by atoms with Crippen LogP contribution in [0, 0.1) is 6.92 Å². The molecule has 0 atom stereocenters. The van der Waals surface area contributed by atoms with Crippen molar-refractivity contribution in [2.24, 2.45) is 0 Å². The fraction of sp³-hybridized carbons (Fsp3) is 0.160. The number of oxazole rings is 1. The molecule has 9 nitrogen and oxygen atoms in total. The third-order valence-corrected chi connectivity index (χ3v) is 5.87. The van der Waals surface area contributed by atoms with E-state index in [9.17, 15) is 9.59 Å². The van der Waals surface area contributed by atoms with Gasteiger partial charge in [0.25, 0.3) is 0 Å². The van der Waals surface area contributed by atoms with Crippen molar-refractivity contribution in [3.63, 3.8) is 0 Å². The van der Waals surface area contributed by atoms with Gasteiger partial charge >= 0.3 is 6.03 Å². The third kappa shape index (κ3) is 5.17. The number of rotatable bonds is 6. The first-order valence-corrected chi connectivity index (χ1v) is 11.3. The molecule has 0 bridgehead atoms. The van der Waals surface area contributed by atoms with Gasteiger partial charge in [-0.15, -0.1) is 0 Å². The molecule has 0 aliphatic rings. The number of hydrogen-bond donors (Lipinski definition) is 2. The van der Waals surface area contributed by atoms with Crippen LogP contribution in [0.15, 0.2) is 59.0 Å². The monoisotopic (exact) mass is 493 g/mol. The average molecular weight is 494 g/mol. The Morgan fingerprint density at radius 3 is 2.31 bits per heavy atom. The van der Waals surface area contributed by atoms with Gasteiger partial charge in [-0.1, -0.05) is 18.2 Å². The van der Waals surface area contributed by atoms with E-state index < -0.39 is 11.1 Å². The van der Waals surface area contributed by atoms with Crippen LogP contribution in [0.4, 0.5) is 10.5 Å². The first-order valence-electron chi connectivity index (χ1n) is 10.5. The standard InChI is InChI=1S/C25H23N3O6S/c1-14-9-10-15(23-26-17-7-5-6-8-19(17)34-23)11-18(14)27-25(30)28-35-24(29)16-12-20(31-2)22(33-4)21(13-16)32-3/h5-13H,1-4H3,(H2,27,28,30). The molecular weight excluding hydrogens is 470 g/mol. The van der Waals surface area contributed by atoms with E-state index in [2.05, 4.69) is 15.0 Å². The lowest BCUT2D eigenvalue weighted by Gasteiger charge is -2.14. The number of aromatic nitrogens is 1. The Morgan fingerprint density at radius 1 is 0.943 bits per heavy atom. The molecule has 0 spiro atoms. The molecule has 0 saturated heterocycles. The fourth-order valence-electron chi connectivity index (χ4n) is 3.38. The second kappa shape index (κ2) is 10.4. The van der Waals surface area contributed by atoms with Gasteiger partial charge < -0.3 is 23.9 Å². The van der Waals surface area contributed by atoms with Gasteiger partial charge in [0, 0.05) is 28.8 Å². The number of aryl methyl sites for hydroxylation is 1. The van der Waals surface area contributed by atoms with Crippen LogP contribution >= 0.6 is 11.9 Å². The van der Waals surface area contributed by atoms with Crippen molar-refractivity contribution in [1.29, 1.82) is 0 Å². The van der Waals surface area contributed by atoms with E-state index >= 15 is 0 Å². The molecule has 0 fully saturated rings. The number of anilines is 1. The Balaban J connectivity index is 1.45. The molecule has 0 aliphatic heterocycles. The van der Waals surface area contributed by atoms with Crippen molar-refractivity contribution in [3.05, 3.63) is 65.7 Å². The lowest BCUT2D eigenvalue weighted by Crippen LogP contribution is -2.24. The number of para-hydroxylation sites is 2. The van der Waals surface area contributed by atoms with E-state index in [4.69, 9.17) is 18.6 Å². The zero-order valence-electron chi connectivity index (χ0n) is 19.5. The highest BCUT2D eigenvalue weighted by atomic mass is 32.2. The molecule has 1 aromatic heterocycles. The topological polar surface area (TPSA) is 112 Å². The van der Waals surface area contributed by atoms with Crippen molar-refractivity contribution in [3.8, 4) is 28.7 Å². The second-order valence-electron chi connectivity index (χ2n) is 7.38.